The van der Waals surface area contributed by atoms with Crippen LogP contribution in [0.3, 0.4) is 0 Å². The van der Waals surface area contributed by atoms with E-state index in [1.165, 1.54) is 4.80 Å². The Bertz CT molecular complexity index is 1190. The zero-order valence-electron chi connectivity index (χ0n) is 17.6. The number of pyridine rings is 1. The fourth-order valence-electron chi connectivity index (χ4n) is 3.78. The quantitative estimate of drug-likeness (QED) is 0.413. The number of aryl methyl sites for hydroxylation is 1. The summed E-state index contributed by atoms with van der Waals surface area (Å²) in [5, 5.41) is 9.97. The minimum absolute atomic E-state index is 0.0678. The highest BCUT2D eigenvalue weighted by molar-refractivity contribution is 6.31. The summed E-state index contributed by atoms with van der Waals surface area (Å²) in [6.45, 7) is 2.09. The van der Waals surface area contributed by atoms with Crippen molar-refractivity contribution >= 4 is 28.4 Å². The molecule has 0 fully saturated rings. The molecule has 0 bridgehead atoms. The Balaban J connectivity index is 1.52. The molecule has 0 aliphatic heterocycles. The zero-order chi connectivity index (χ0) is 21.8. The molecule has 2 aromatic carbocycles. The second kappa shape index (κ2) is 9.27. The Kier molecular flexibility index (Phi) is 6.28. The first-order valence-corrected chi connectivity index (χ1v) is 10.7. The average Bonchev–Trinajstić information content (AvgIpc) is 3.33. The lowest BCUT2D eigenvalue weighted by atomic mass is 10.0. The molecule has 4 aromatic rings. The van der Waals surface area contributed by atoms with Gasteiger partial charge in [0.25, 0.3) is 5.91 Å². The average molecular weight is 434 g/mol. The SMILES string of the molecule is CC[C@@H](CCc1ccc2ccccc2n1)N(C)C(=O)c1cc(Cl)ccc1-n1nccn1. The maximum Gasteiger partial charge on any atom is 0.256 e. The van der Waals surface area contributed by atoms with Crippen LogP contribution in [0.1, 0.15) is 35.8 Å². The topological polar surface area (TPSA) is 63.9 Å². The van der Waals surface area contributed by atoms with Crippen molar-refractivity contribution in [2.75, 3.05) is 7.05 Å². The van der Waals surface area contributed by atoms with Crippen molar-refractivity contribution in [3.63, 3.8) is 0 Å². The summed E-state index contributed by atoms with van der Waals surface area (Å²) >= 11 is 6.20. The summed E-state index contributed by atoms with van der Waals surface area (Å²) in [6, 6.07) is 17.5. The lowest BCUT2D eigenvalue weighted by Gasteiger charge is -2.28. The molecule has 0 N–H and O–H groups in total. The number of hydrogen-bond donors (Lipinski definition) is 0. The molecule has 2 heterocycles. The van der Waals surface area contributed by atoms with Crippen LogP contribution in [0.2, 0.25) is 5.02 Å². The predicted octanol–water partition coefficient (Wildman–Crippen LogP) is 4.95. The van der Waals surface area contributed by atoms with E-state index in [1.54, 1.807) is 35.5 Å². The molecule has 0 radical (unpaired) electrons. The summed E-state index contributed by atoms with van der Waals surface area (Å²) in [5.74, 6) is -0.104. The third-order valence-corrected chi connectivity index (χ3v) is 5.79. The van der Waals surface area contributed by atoms with E-state index in [2.05, 4.69) is 35.3 Å². The Morgan fingerprint density at radius 2 is 1.87 bits per heavy atom. The van der Waals surface area contributed by atoms with E-state index < -0.39 is 0 Å². The Labute approximate surface area is 186 Å². The molecule has 1 atom stereocenters. The van der Waals surface area contributed by atoms with Crippen LogP contribution in [-0.2, 0) is 6.42 Å². The minimum atomic E-state index is -0.104. The van der Waals surface area contributed by atoms with E-state index in [0.29, 0.717) is 16.3 Å². The van der Waals surface area contributed by atoms with Gasteiger partial charge < -0.3 is 4.90 Å². The van der Waals surface area contributed by atoms with Crippen molar-refractivity contribution in [3.05, 3.63) is 83.3 Å². The van der Waals surface area contributed by atoms with Crippen LogP contribution < -0.4 is 0 Å². The Morgan fingerprint density at radius 3 is 2.65 bits per heavy atom. The molecule has 1 amide bonds. The second-order valence-electron chi connectivity index (χ2n) is 7.49. The number of para-hydroxylation sites is 1. The Hall–Kier alpha value is -3.25. The molecule has 2 aromatic heterocycles. The first kappa shape index (κ1) is 21.0. The number of fused-ring (bicyclic) bond motifs is 1. The summed E-state index contributed by atoms with van der Waals surface area (Å²) in [5.41, 5.74) is 3.11. The Morgan fingerprint density at radius 1 is 1.10 bits per heavy atom. The molecule has 31 heavy (non-hydrogen) atoms. The van der Waals surface area contributed by atoms with Crippen molar-refractivity contribution < 1.29 is 4.79 Å². The van der Waals surface area contributed by atoms with Gasteiger partial charge >= 0.3 is 0 Å². The highest BCUT2D eigenvalue weighted by Gasteiger charge is 2.23. The third kappa shape index (κ3) is 4.59. The van der Waals surface area contributed by atoms with Gasteiger partial charge in [-0.3, -0.25) is 9.78 Å². The maximum absolute atomic E-state index is 13.4. The van der Waals surface area contributed by atoms with Gasteiger partial charge in [0.2, 0.25) is 0 Å². The van der Waals surface area contributed by atoms with Crippen molar-refractivity contribution in [3.8, 4) is 5.69 Å². The molecule has 0 unspecified atom stereocenters. The van der Waals surface area contributed by atoms with E-state index in [0.717, 1.165) is 35.9 Å². The van der Waals surface area contributed by atoms with Gasteiger partial charge in [0.05, 0.1) is 29.2 Å². The van der Waals surface area contributed by atoms with Crippen LogP contribution >= 0.6 is 11.6 Å². The highest BCUT2D eigenvalue weighted by Crippen LogP contribution is 2.23. The van der Waals surface area contributed by atoms with E-state index >= 15 is 0 Å². The van der Waals surface area contributed by atoms with Gasteiger partial charge in [-0.15, -0.1) is 0 Å². The van der Waals surface area contributed by atoms with Crippen LogP contribution in [0.5, 0.6) is 0 Å². The monoisotopic (exact) mass is 433 g/mol. The first-order valence-electron chi connectivity index (χ1n) is 10.3. The minimum Gasteiger partial charge on any atom is -0.339 e. The molecule has 0 aliphatic rings. The molecule has 6 nitrogen and oxygen atoms in total. The number of aromatic nitrogens is 4. The molecule has 0 saturated heterocycles. The van der Waals surface area contributed by atoms with Crippen LogP contribution in [0.25, 0.3) is 16.6 Å². The highest BCUT2D eigenvalue weighted by atomic mass is 35.5. The molecule has 0 spiro atoms. The van der Waals surface area contributed by atoms with E-state index in [-0.39, 0.29) is 11.9 Å². The number of benzene rings is 2. The number of nitrogens with zero attached hydrogens (tertiary/aromatic N) is 5. The standard InChI is InChI=1S/C24H24ClN5O/c1-3-20(12-11-19-10-8-17-6-4-5-7-22(17)28-19)29(2)24(31)21-16-18(25)9-13-23(21)30-26-14-15-27-30/h4-10,13-16,20H,3,11-12H2,1-2H3/t20-/m0/s1. The largest absolute Gasteiger partial charge is 0.339 e. The van der Waals surface area contributed by atoms with E-state index in [4.69, 9.17) is 16.6 Å². The number of rotatable bonds is 7. The molecule has 4 rings (SSSR count). The zero-order valence-corrected chi connectivity index (χ0v) is 18.3. The normalized spacial score (nSPS) is 12.1. The summed E-state index contributed by atoms with van der Waals surface area (Å²) in [6.07, 6.45) is 5.62. The third-order valence-electron chi connectivity index (χ3n) is 5.55. The van der Waals surface area contributed by atoms with Gasteiger partial charge in [-0.1, -0.05) is 42.8 Å². The molecule has 7 heteroatoms. The lowest BCUT2D eigenvalue weighted by molar-refractivity contribution is 0.0719. The van der Waals surface area contributed by atoms with Crippen molar-refractivity contribution in [1.29, 1.82) is 0 Å². The first-order chi connectivity index (χ1) is 15.1. The van der Waals surface area contributed by atoms with Gasteiger partial charge in [-0.05, 0) is 49.6 Å². The smallest absolute Gasteiger partial charge is 0.256 e. The van der Waals surface area contributed by atoms with Gasteiger partial charge in [0.15, 0.2) is 0 Å². The molecule has 0 saturated carbocycles. The second-order valence-corrected chi connectivity index (χ2v) is 7.93. The van der Waals surface area contributed by atoms with Crippen molar-refractivity contribution in [2.24, 2.45) is 0 Å². The fraction of sp³-hybridized carbons (Fsp3) is 0.250. The fourth-order valence-corrected chi connectivity index (χ4v) is 3.96. The van der Waals surface area contributed by atoms with Crippen LogP contribution in [0, 0.1) is 0 Å². The van der Waals surface area contributed by atoms with Crippen molar-refractivity contribution in [1.82, 2.24) is 24.9 Å². The van der Waals surface area contributed by atoms with Crippen LogP contribution in [0.15, 0.2) is 67.0 Å². The maximum atomic E-state index is 13.4. The van der Waals surface area contributed by atoms with Crippen LogP contribution in [0.4, 0.5) is 0 Å². The number of hydrogen-bond acceptors (Lipinski definition) is 4. The lowest BCUT2D eigenvalue weighted by Crippen LogP contribution is -2.37. The number of carbonyl (C=O) groups is 1. The molecule has 0 aliphatic carbocycles. The summed E-state index contributed by atoms with van der Waals surface area (Å²) < 4.78 is 0. The van der Waals surface area contributed by atoms with E-state index in [1.807, 2.05) is 25.2 Å². The van der Waals surface area contributed by atoms with Gasteiger partial charge in [-0.25, -0.2) is 0 Å². The van der Waals surface area contributed by atoms with Crippen molar-refractivity contribution in [2.45, 2.75) is 32.2 Å². The summed E-state index contributed by atoms with van der Waals surface area (Å²) in [7, 11) is 1.84. The molecule has 158 valence electrons. The van der Waals surface area contributed by atoms with Gasteiger partial charge in [0.1, 0.15) is 0 Å². The van der Waals surface area contributed by atoms with Gasteiger partial charge in [-0.2, -0.15) is 15.0 Å². The number of carbonyl (C=O) groups excluding carboxylic acids is 1. The molecular formula is C24H24ClN5O. The van der Waals surface area contributed by atoms with Crippen LogP contribution in [-0.4, -0.2) is 43.9 Å². The number of amides is 1. The van der Waals surface area contributed by atoms with Gasteiger partial charge in [0, 0.05) is 29.2 Å². The molecular weight excluding hydrogens is 410 g/mol. The summed E-state index contributed by atoms with van der Waals surface area (Å²) in [4.78, 5) is 21.4. The number of halogens is 1. The van der Waals surface area contributed by atoms with E-state index in [9.17, 15) is 4.79 Å². The predicted molar refractivity (Wildman–Crippen MR) is 123 cm³/mol.